The van der Waals surface area contributed by atoms with Crippen LogP contribution in [0.1, 0.15) is 55.2 Å². The number of nitrogens with two attached hydrogens (primary N) is 1. The summed E-state index contributed by atoms with van der Waals surface area (Å²) < 4.78 is 11.8. The van der Waals surface area contributed by atoms with Crippen molar-refractivity contribution in [3.8, 4) is 12.3 Å². The summed E-state index contributed by atoms with van der Waals surface area (Å²) >= 11 is 6.37. The van der Waals surface area contributed by atoms with E-state index in [4.69, 9.17) is 33.2 Å². The predicted molar refractivity (Wildman–Crippen MR) is 172 cm³/mol. The Morgan fingerprint density at radius 2 is 1.76 bits per heavy atom. The maximum absolute atomic E-state index is 14.0. The number of anilines is 2. The first-order chi connectivity index (χ1) is 21.8. The molecule has 0 unspecified atom stereocenters. The summed E-state index contributed by atoms with van der Waals surface area (Å²) in [4.78, 5) is 43.3. The van der Waals surface area contributed by atoms with E-state index in [9.17, 15) is 14.4 Å². The minimum absolute atomic E-state index is 0.113. The number of amides is 3. The van der Waals surface area contributed by atoms with Crippen molar-refractivity contribution in [1.82, 2.24) is 15.1 Å². The summed E-state index contributed by atoms with van der Waals surface area (Å²) in [6.07, 6.45) is 8.66. The molecule has 1 atom stereocenters. The standard InChI is InChI=1S/C34H40ClN5O5/c1-2-23-19-22(20-27(35)30(23)36)21-29(31(41)39-15-9-25(10-16-39)24-7-13-37-14-8-24)44-33(43)40-17-11-34(12-18-40)26-5-3-4-6-28(26)38-32(42)45-34/h1,3-6,19-20,24-25,29,37H,7-18,21,36H2,(H,38,42)/t29-/m1/s1. The molecule has 0 aromatic heterocycles. The maximum Gasteiger partial charge on any atom is 0.412 e. The fraction of sp³-hybridized carbons (Fsp3) is 0.500. The van der Waals surface area contributed by atoms with Crippen LogP contribution in [0.3, 0.4) is 0 Å². The van der Waals surface area contributed by atoms with Gasteiger partial charge in [0, 0.05) is 56.6 Å². The van der Waals surface area contributed by atoms with Gasteiger partial charge in [-0.1, -0.05) is 35.7 Å². The molecule has 0 saturated carbocycles. The average Bonchev–Trinajstić information content (AvgIpc) is 3.06. The summed E-state index contributed by atoms with van der Waals surface area (Å²) in [5, 5.41) is 6.48. The van der Waals surface area contributed by atoms with Gasteiger partial charge in [0.25, 0.3) is 5.91 Å². The second-order valence-electron chi connectivity index (χ2n) is 12.6. The molecule has 4 heterocycles. The smallest absolute Gasteiger partial charge is 0.412 e. The summed E-state index contributed by atoms with van der Waals surface area (Å²) in [7, 11) is 0. The number of nitrogens with one attached hydrogen (secondary N) is 2. The lowest BCUT2D eigenvalue weighted by molar-refractivity contribution is -0.143. The van der Waals surface area contributed by atoms with Gasteiger partial charge in [-0.3, -0.25) is 10.1 Å². The van der Waals surface area contributed by atoms with E-state index in [1.54, 1.807) is 17.0 Å². The molecule has 6 rings (SSSR count). The van der Waals surface area contributed by atoms with E-state index >= 15 is 0 Å². The summed E-state index contributed by atoms with van der Waals surface area (Å²) in [5.41, 5.74) is 8.21. The first kappa shape index (κ1) is 31.1. The van der Waals surface area contributed by atoms with Crippen LogP contribution in [0, 0.1) is 24.2 Å². The number of carbonyl (C=O) groups excluding carboxylic acids is 3. The number of carbonyl (C=O) groups is 3. The number of para-hydroxylation sites is 1. The lowest BCUT2D eigenvalue weighted by atomic mass is 9.79. The molecule has 3 fully saturated rings. The topological polar surface area (TPSA) is 126 Å². The van der Waals surface area contributed by atoms with Crippen LogP contribution >= 0.6 is 11.6 Å². The summed E-state index contributed by atoms with van der Waals surface area (Å²) in [6, 6.07) is 10.9. The van der Waals surface area contributed by atoms with Crippen molar-refractivity contribution < 1.29 is 23.9 Å². The van der Waals surface area contributed by atoms with Crippen molar-refractivity contribution in [1.29, 1.82) is 0 Å². The molecule has 4 aliphatic heterocycles. The third kappa shape index (κ3) is 6.56. The van der Waals surface area contributed by atoms with Crippen LogP contribution in [-0.4, -0.2) is 73.3 Å². The minimum atomic E-state index is -1.06. The molecule has 3 saturated heterocycles. The number of nitrogen functional groups attached to an aromatic ring is 1. The van der Waals surface area contributed by atoms with Crippen molar-refractivity contribution in [3.05, 3.63) is 58.1 Å². The highest BCUT2D eigenvalue weighted by atomic mass is 35.5. The Hall–Kier alpha value is -3.94. The predicted octanol–water partition coefficient (Wildman–Crippen LogP) is 4.74. The number of ether oxygens (including phenoxy) is 2. The second-order valence-corrected chi connectivity index (χ2v) is 13.0. The number of likely N-dealkylation sites (tertiary alicyclic amines) is 2. The molecule has 10 nitrogen and oxygen atoms in total. The van der Waals surface area contributed by atoms with Gasteiger partial charge in [-0.2, -0.15) is 0 Å². The lowest BCUT2D eigenvalue weighted by Crippen LogP contribution is -2.52. The third-order valence-corrected chi connectivity index (χ3v) is 10.3. The first-order valence-electron chi connectivity index (χ1n) is 15.9. The van der Waals surface area contributed by atoms with E-state index in [1.807, 2.05) is 29.2 Å². The van der Waals surface area contributed by atoms with Crippen LogP contribution in [0.4, 0.5) is 21.0 Å². The number of halogens is 1. The van der Waals surface area contributed by atoms with Gasteiger partial charge < -0.3 is 30.3 Å². The van der Waals surface area contributed by atoms with Gasteiger partial charge in [-0.15, -0.1) is 6.42 Å². The highest BCUT2D eigenvalue weighted by molar-refractivity contribution is 6.33. The van der Waals surface area contributed by atoms with Crippen LogP contribution in [-0.2, 0) is 26.3 Å². The monoisotopic (exact) mass is 633 g/mol. The highest BCUT2D eigenvalue weighted by Gasteiger charge is 2.46. The molecule has 2 aromatic rings. The van der Waals surface area contributed by atoms with Gasteiger partial charge >= 0.3 is 12.2 Å². The number of benzene rings is 2. The molecular weight excluding hydrogens is 594 g/mol. The van der Waals surface area contributed by atoms with Gasteiger partial charge in [-0.25, -0.2) is 9.59 Å². The first-order valence-corrected chi connectivity index (χ1v) is 16.2. The fourth-order valence-electron chi connectivity index (χ4n) is 7.39. The number of nitrogens with zero attached hydrogens (tertiary/aromatic N) is 2. The number of fused-ring (bicyclic) bond motifs is 2. The SMILES string of the molecule is C#Cc1cc(C[C@@H](OC(=O)N2CCC3(CC2)OC(=O)Nc2ccccc23)C(=O)N2CCC(C3CCNCC3)CC2)cc(Cl)c1N. The summed E-state index contributed by atoms with van der Waals surface area (Å²) in [5.74, 6) is 3.60. The van der Waals surface area contributed by atoms with Crippen LogP contribution in [0.15, 0.2) is 36.4 Å². The normalized spacial score (nSPS) is 20.8. The second kappa shape index (κ2) is 13.2. The molecule has 4 N–H and O–H groups in total. The van der Waals surface area contributed by atoms with Crippen LogP contribution in [0.2, 0.25) is 5.02 Å². The zero-order valence-electron chi connectivity index (χ0n) is 25.4. The van der Waals surface area contributed by atoms with E-state index in [-0.39, 0.29) is 12.3 Å². The number of hydrogen-bond donors (Lipinski definition) is 3. The molecule has 11 heteroatoms. The molecule has 45 heavy (non-hydrogen) atoms. The Bertz CT molecular complexity index is 1490. The number of rotatable bonds is 5. The average molecular weight is 634 g/mol. The summed E-state index contributed by atoms with van der Waals surface area (Å²) in [6.45, 7) is 3.97. The number of hydrogen-bond acceptors (Lipinski definition) is 7. The number of piperidine rings is 3. The molecule has 2 aromatic carbocycles. The van der Waals surface area contributed by atoms with E-state index in [2.05, 4.69) is 16.6 Å². The molecule has 0 aliphatic carbocycles. The molecule has 0 bridgehead atoms. The quantitative estimate of drug-likeness (QED) is 0.321. The van der Waals surface area contributed by atoms with E-state index in [1.165, 1.54) is 12.8 Å². The Balaban J connectivity index is 1.16. The van der Waals surface area contributed by atoms with Gasteiger partial charge in [0.15, 0.2) is 6.10 Å². The molecule has 1 spiro atoms. The highest BCUT2D eigenvalue weighted by Crippen LogP contribution is 2.43. The Morgan fingerprint density at radius 1 is 1.07 bits per heavy atom. The lowest BCUT2D eigenvalue weighted by Gasteiger charge is -2.44. The van der Waals surface area contributed by atoms with Crippen LogP contribution in [0.5, 0.6) is 0 Å². The van der Waals surface area contributed by atoms with Crippen molar-refractivity contribution in [2.24, 2.45) is 11.8 Å². The number of terminal acetylenes is 1. The van der Waals surface area contributed by atoms with E-state index in [0.717, 1.165) is 31.5 Å². The van der Waals surface area contributed by atoms with Crippen molar-refractivity contribution in [2.75, 3.05) is 50.3 Å². The van der Waals surface area contributed by atoms with Gasteiger partial charge in [0.1, 0.15) is 5.60 Å². The zero-order chi connectivity index (χ0) is 31.6. The molecular formula is C34H40ClN5O5. The Kier molecular flexibility index (Phi) is 9.11. The van der Waals surface area contributed by atoms with Crippen molar-refractivity contribution >= 4 is 41.1 Å². The molecule has 238 valence electrons. The van der Waals surface area contributed by atoms with Gasteiger partial charge in [0.05, 0.1) is 16.4 Å². The Morgan fingerprint density at radius 3 is 2.47 bits per heavy atom. The Labute approximate surface area is 268 Å². The fourth-order valence-corrected chi connectivity index (χ4v) is 7.63. The van der Waals surface area contributed by atoms with E-state index in [0.29, 0.717) is 78.4 Å². The minimum Gasteiger partial charge on any atom is -0.438 e. The van der Waals surface area contributed by atoms with Crippen LogP contribution < -0.4 is 16.4 Å². The van der Waals surface area contributed by atoms with Gasteiger partial charge in [0.2, 0.25) is 0 Å². The van der Waals surface area contributed by atoms with Crippen LogP contribution in [0.25, 0.3) is 0 Å². The third-order valence-electron chi connectivity index (χ3n) is 9.96. The molecule has 4 aliphatic rings. The zero-order valence-corrected chi connectivity index (χ0v) is 26.1. The molecule has 0 radical (unpaired) electrons. The molecule has 3 amide bonds. The van der Waals surface area contributed by atoms with Gasteiger partial charge in [-0.05, 0) is 74.4 Å². The van der Waals surface area contributed by atoms with Crippen molar-refractivity contribution in [2.45, 2.75) is 56.7 Å². The maximum atomic E-state index is 14.0. The van der Waals surface area contributed by atoms with E-state index < -0.39 is 23.9 Å². The van der Waals surface area contributed by atoms with Crippen molar-refractivity contribution in [3.63, 3.8) is 0 Å². The largest absolute Gasteiger partial charge is 0.438 e.